The summed E-state index contributed by atoms with van der Waals surface area (Å²) in [6.45, 7) is 0. The van der Waals surface area contributed by atoms with E-state index in [-0.39, 0.29) is 0 Å². The van der Waals surface area contributed by atoms with E-state index in [2.05, 4.69) is 40.2 Å². The Hall–Kier alpha value is -3.80. The monoisotopic (exact) mass is 426 g/mol. The van der Waals surface area contributed by atoms with Crippen molar-refractivity contribution in [3.8, 4) is 0 Å². The molecule has 0 aliphatic carbocycles. The third-order valence-corrected chi connectivity index (χ3v) is 4.97. The second-order valence-corrected chi connectivity index (χ2v) is 7.07. The molecule has 0 atom stereocenters. The van der Waals surface area contributed by atoms with Crippen molar-refractivity contribution in [2.75, 3.05) is 0 Å². The molecule has 0 fully saturated rings. The zero-order valence-corrected chi connectivity index (χ0v) is 17.1. The van der Waals surface area contributed by atoms with Gasteiger partial charge in [0.05, 0.1) is 32.4 Å². The third kappa shape index (κ3) is 3.37. The van der Waals surface area contributed by atoms with E-state index in [9.17, 15) is 0 Å². The van der Waals surface area contributed by atoms with Crippen LogP contribution in [0.1, 0.15) is 22.8 Å². The maximum atomic E-state index is 4.88. The average Bonchev–Trinajstić information content (AvgIpc) is 3.53. The van der Waals surface area contributed by atoms with E-state index >= 15 is 0 Å². The summed E-state index contributed by atoms with van der Waals surface area (Å²) in [6.07, 6.45) is 4.07. The second kappa shape index (κ2) is 7.55. The lowest BCUT2D eigenvalue weighted by Gasteiger charge is -1.97. The molecule has 5 rings (SSSR count). The largest absolute Gasteiger partial charge is 0.355 e. The summed E-state index contributed by atoms with van der Waals surface area (Å²) in [4.78, 5) is 22.1. The van der Waals surface area contributed by atoms with Crippen LogP contribution >= 0.6 is 24.4 Å². The van der Waals surface area contributed by atoms with Crippen molar-refractivity contribution in [2.24, 2.45) is 9.98 Å². The Labute approximate surface area is 180 Å². The molecule has 4 aromatic rings. The Bertz CT molecular complexity index is 1490. The molecule has 8 heteroatoms. The van der Waals surface area contributed by atoms with Crippen LogP contribution in [0, 0.1) is 0 Å². The maximum Gasteiger partial charge on any atom is 0.121 e. The summed E-state index contributed by atoms with van der Waals surface area (Å²) in [6, 6.07) is 15.8. The van der Waals surface area contributed by atoms with Gasteiger partial charge in [0.15, 0.2) is 0 Å². The van der Waals surface area contributed by atoms with Gasteiger partial charge >= 0.3 is 0 Å². The minimum absolute atomic E-state index is 0.654. The normalized spacial score (nSPS) is 12.4. The first-order valence-electron chi connectivity index (χ1n) is 9.10. The maximum absolute atomic E-state index is 4.88. The molecule has 0 saturated carbocycles. The molecule has 8 bridgehead atoms. The van der Waals surface area contributed by atoms with E-state index in [1.165, 1.54) is 0 Å². The Morgan fingerprint density at radius 2 is 1.07 bits per heavy atom. The molecule has 30 heavy (non-hydrogen) atoms. The van der Waals surface area contributed by atoms with E-state index < -0.39 is 0 Å². The summed E-state index contributed by atoms with van der Waals surface area (Å²) < 4.78 is 0. The van der Waals surface area contributed by atoms with Gasteiger partial charge in [-0.2, -0.15) is 9.98 Å². The SMILES string of the molecule is S=C=NC1=c2ccc([nH]2)=C(N=C=S)c2ccc([nH]2)C=c2ccc([nH]2)=Cc2ccc1[nH]2. The van der Waals surface area contributed by atoms with Gasteiger partial charge in [-0.25, -0.2) is 0 Å². The number of H-pyrrole nitrogens is 4. The quantitative estimate of drug-likeness (QED) is 0.289. The van der Waals surface area contributed by atoms with E-state index in [1.54, 1.807) is 0 Å². The third-order valence-electron chi connectivity index (χ3n) is 4.79. The fourth-order valence-corrected chi connectivity index (χ4v) is 3.68. The zero-order chi connectivity index (χ0) is 20.5. The summed E-state index contributed by atoms with van der Waals surface area (Å²) in [5.74, 6) is 0. The molecule has 144 valence electrons. The molecule has 0 saturated heterocycles. The van der Waals surface area contributed by atoms with Crippen LogP contribution in [0.2, 0.25) is 0 Å². The number of thiocarbonyl (C=S) groups is 2. The van der Waals surface area contributed by atoms with Crippen molar-refractivity contribution in [3.63, 3.8) is 0 Å². The fourth-order valence-electron chi connectivity index (χ4n) is 3.50. The number of aromatic nitrogens is 4. The van der Waals surface area contributed by atoms with Crippen molar-refractivity contribution < 1.29 is 0 Å². The van der Waals surface area contributed by atoms with Crippen LogP contribution in [-0.2, 0) is 0 Å². The molecule has 0 aromatic carbocycles. The number of nitrogens with one attached hydrogen (secondary N) is 4. The number of isothiocyanates is 2. The molecule has 4 N–H and O–H groups in total. The number of aromatic amines is 4. The lowest BCUT2D eigenvalue weighted by molar-refractivity contribution is 1.18. The summed E-state index contributed by atoms with van der Waals surface area (Å²) in [7, 11) is 0. The minimum atomic E-state index is 0.654. The number of hydrogen-bond acceptors (Lipinski definition) is 4. The van der Waals surface area contributed by atoms with Crippen molar-refractivity contribution in [3.05, 3.63) is 92.7 Å². The van der Waals surface area contributed by atoms with Gasteiger partial charge in [-0.15, -0.1) is 0 Å². The first kappa shape index (κ1) is 18.2. The van der Waals surface area contributed by atoms with Gasteiger partial charge in [-0.05, 0) is 85.1 Å². The standard InChI is InChI=1S/C22H14N6S2/c29-11-23-21-17-5-3-15(26-17)9-13-1-2-14(25-13)10-16-4-6-18(27-16)22(24-12-30)20-8-7-19(21)28-20/h1-10,25-28H. The van der Waals surface area contributed by atoms with Crippen molar-refractivity contribution >= 4 is 58.3 Å². The minimum Gasteiger partial charge on any atom is -0.355 e. The lowest BCUT2D eigenvalue weighted by atomic mass is 10.3. The lowest BCUT2D eigenvalue weighted by Crippen LogP contribution is -2.15. The summed E-state index contributed by atoms with van der Waals surface area (Å²) in [5, 5.41) is 8.46. The van der Waals surface area contributed by atoms with Crippen LogP contribution in [0.5, 0.6) is 0 Å². The van der Waals surface area contributed by atoms with Crippen LogP contribution in [0.25, 0.3) is 23.5 Å². The van der Waals surface area contributed by atoms with E-state index in [1.807, 2.05) is 60.7 Å². The predicted octanol–water partition coefficient (Wildman–Crippen LogP) is 1.49. The molecule has 4 aromatic heterocycles. The Morgan fingerprint density at radius 3 is 1.53 bits per heavy atom. The molecule has 1 aliphatic rings. The smallest absolute Gasteiger partial charge is 0.121 e. The molecule has 0 amide bonds. The first-order valence-corrected chi connectivity index (χ1v) is 9.92. The Kier molecular flexibility index (Phi) is 4.59. The molecular formula is C22H14N6S2. The summed E-state index contributed by atoms with van der Waals surface area (Å²) >= 11 is 9.76. The molecular weight excluding hydrogens is 412 g/mol. The average molecular weight is 427 g/mol. The zero-order valence-electron chi connectivity index (χ0n) is 15.5. The molecule has 6 nitrogen and oxygen atoms in total. The Morgan fingerprint density at radius 1 is 0.567 bits per heavy atom. The highest BCUT2D eigenvalue weighted by molar-refractivity contribution is 7.78. The number of hydrogen-bond donors (Lipinski definition) is 4. The number of aliphatic imine (C=N–C) groups is 2. The number of nitrogens with zero attached hydrogens (tertiary/aromatic N) is 2. The van der Waals surface area contributed by atoms with Crippen molar-refractivity contribution in [2.45, 2.75) is 0 Å². The molecule has 0 spiro atoms. The number of rotatable bonds is 2. The van der Waals surface area contributed by atoms with Gasteiger partial charge in [0.1, 0.15) is 11.4 Å². The van der Waals surface area contributed by atoms with Crippen LogP contribution < -0.4 is 21.4 Å². The van der Waals surface area contributed by atoms with Gasteiger partial charge in [-0.1, -0.05) is 0 Å². The van der Waals surface area contributed by atoms with Gasteiger partial charge < -0.3 is 19.9 Å². The highest BCUT2D eigenvalue weighted by Gasteiger charge is 2.09. The van der Waals surface area contributed by atoms with Crippen molar-refractivity contribution in [1.82, 2.24) is 19.9 Å². The van der Waals surface area contributed by atoms with Crippen LogP contribution in [-0.4, -0.2) is 30.3 Å². The molecule has 0 radical (unpaired) electrons. The molecule has 0 unspecified atom stereocenters. The predicted molar refractivity (Wildman–Crippen MR) is 124 cm³/mol. The van der Waals surface area contributed by atoms with Gasteiger partial charge in [-0.3, -0.25) is 0 Å². The van der Waals surface area contributed by atoms with E-state index in [4.69, 9.17) is 24.4 Å². The Balaban J connectivity index is 1.91. The first-order chi connectivity index (χ1) is 14.7. The molecule has 1 aliphatic heterocycles. The highest BCUT2D eigenvalue weighted by Crippen LogP contribution is 2.14. The highest BCUT2D eigenvalue weighted by atomic mass is 32.1. The number of fused-ring (bicyclic) bond motifs is 8. The van der Waals surface area contributed by atoms with E-state index in [0.29, 0.717) is 11.4 Å². The van der Waals surface area contributed by atoms with Gasteiger partial charge in [0.2, 0.25) is 0 Å². The van der Waals surface area contributed by atoms with Crippen LogP contribution in [0.15, 0.2) is 58.5 Å². The van der Waals surface area contributed by atoms with Crippen molar-refractivity contribution in [1.29, 1.82) is 0 Å². The molecule has 5 heterocycles. The van der Waals surface area contributed by atoms with Gasteiger partial charge in [0.25, 0.3) is 0 Å². The van der Waals surface area contributed by atoms with E-state index in [0.717, 1.165) is 44.2 Å². The fraction of sp³-hybridized carbons (Fsp3) is 0. The topological polar surface area (TPSA) is 87.9 Å². The van der Waals surface area contributed by atoms with Crippen LogP contribution in [0.4, 0.5) is 0 Å². The summed E-state index contributed by atoms with van der Waals surface area (Å²) in [5.41, 5.74) is 4.82. The van der Waals surface area contributed by atoms with Gasteiger partial charge in [0, 0.05) is 22.1 Å². The van der Waals surface area contributed by atoms with Crippen LogP contribution in [0.3, 0.4) is 0 Å². The second-order valence-electron chi connectivity index (χ2n) is 6.70.